The van der Waals surface area contributed by atoms with Gasteiger partial charge in [-0.25, -0.2) is 4.39 Å². The van der Waals surface area contributed by atoms with Crippen molar-refractivity contribution in [1.29, 1.82) is 0 Å². The number of benzene rings is 1. The van der Waals surface area contributed by atoms with Crippen LogP contribution in [-0.4, -0.2) is 46.8 Å². The molecule has 114 valence electrons. The molecule has 1 aromatic carbocycles. The van der Waals surface area contributed by atoms with Gasteiger partial charge >= 0.3 is 0 Å². The lowest BCUT2D eigenvalue weighted by molar-refractivity contribution is 0.0473. The van der Waals surface area contributed by atoms with Gasteiger partial charge in [0.25, 0.3) is 5.91 Å². The van der Waals surface area contributed by atoms with Crippen molar-refractivity contribution in [3.63, 3.8) is 0 Å². The van der Waals surface area contributed by atoms with Crippen LogP contribution >= 0.6 is 0 Å². The van der Waals surface area contributed by atoms with Crippen LogP contribution in [-0.2, 0) is 0 Å². The fourth-order valence-electron chi connectivity index (χ4n) is 1.54. The highest BCUT2D eigenvalue weighted by Gasteiger charge is 2.27. The number of nitrogens with zero attached hydrogens (tertiary/aromatic N) is 1. The first-order valence-electron chi connectivity index (χ1n) is 6.62. The van der Waals surface area contributed by atoms with Crippen LogP contribution in [0, 0.1) is 17.7 Å². The van der Waals surface area contributed by atoms with Crippen LogP contribution in [0.2, 0.25) is 0 Å². The molecule has 0 atom stereocenters. The van der Waals surface area contributed by atoms with Crippen molar-refractivity contribution in [2.24, 2.45) is 0 Å². The molecule has 0 saturated carbocycles. The second-order valence-corrected chi connectivity index (χ2v) is 5.30. The van der Waals surface area contributed by atoms with Crippen LogP contribution in [0.5, 0.6) is 0 Å². The number of halogens is 1. The van der Waals surface area contributed by atoms with Crippen molar-refractivity contribution in [1.82, 2.24) is 4.90 Å². The maximum atomic E-state index is 13.9. The summed E-state index contributed by atoms with van der Waals surface area (Å²) in [7, 11) is 1.56. The first-order chi connectivity index (χ1) is 9.83. The van der Waals surface area contributed by atoms with Crippen LogP contribution in [0.3, 0.4) is 0 Å². The van der Waals surface area contributed by atoms with E-state index in [0.29, 0.717) is 0 Å². The van der Waals surface area contributed by atoms with E-state index in [1.807, 2.05) is 0 Å². The second-order valence-electron chi connectivity index (χ2n) is 5.30. The number of rotatable bonds is 4. The summed E-state index contributed by atoms with van der Waals surface area (Å²) in [6, 6.07) is 4.07. The van der Waals surface area contributed by atoms with Gasteiger partial charge in [0, 0.05) is 19.0 Å². The Labute approximate surface area is 124 Å². The third-order valence-corrected chi connectivity index (χ3v) is 3.28. The molecule has 0 unspecified atom stereocenters. The van der Waals surface area contributed by atoms with Gasteiger partial charge in [0.1, 0.15) is 5.82 Å². The highest BCUT2D eigenvalue weighted by molar-refractivity contribution is 5.94. The molecule has 0 saturated heterocycles. The quantitative estimate of drug-likeness (QED) is 0.825. The van der Waals surface area contributed by atoms with Gasteiger partial charge in [-0.3, -0.25) is 4.79 Å². The molecule has 0 radical (unpaired) electrons. The van der Waals surface area contributed by atoms with E-state index >= 15 is 0 Å². The largest absolute Gasteiger partial charge is 0.395 e. The number of aliphatic hydroxyl groups is 2. The molecule has 1 rings (SSSR count). The van der Waals surface area contributed by atoms with E-state index in [2.05, 4.69) is 11.8 Å². The highest BCUT2D eigenvalue weighted by atomic mass is 19.1. The summed E-state index contributed by atoms with van der Waals surface area (Å²) >= 11 is 0. The maximum Gasteiger partial charge on any atom is 0.254 e. The Balaban J connectivity index is 2.99. The van der Waals surface area contributed by atoms with Gasteiger partial charge in [-0.1, -0.05) is 11.8 Å². The van der Waals surface area contributed by atoms with Gasteiger partial charge in [0.2, 0.25) is 0 Å². The van der Waals surface area contributed by atoms with Gasteiger partial charge in [0.15, 0.2) is 0 Å². The molecule has 5 heteroatoms. The molecule has 0 aliphatic carbocycles. The van der Waals surface area contributed by atoms with E-state index in [4.69, 9.17) is 5.11 Å². The average molecular weight is 293 g/mol. The molecule has 1 amide bonds. The van der Waals surface area contributed by atoms with Gasteiger partial charge in [0.05, 0.1) is 24.3 Å². The average Bonchev–Trinajstić information content (AvgIpc) is 2.47. The van der Waals surface area contributed by atoms with E-state index < -0.39 is 11.4 Å². The van der Waals surface area contributed by atoms with Crippen molar-refractivity contribution < 1.29 is 19.4 Å². The predicted octanol–water partition coefficient (Wildman–Crippen LogP) is 1.40. The summed E-state index contributed by atoms with van der Waals surface area (Å²) in [5, 5.41) is 17.9. The van der Waals surface area contributed by atoms with Crippen molar-refractivity contribution >= 4 is 5.91 Å². The lowest BCUT2D eigenvalue weighted by atomic mass is 10.0. The summed E-state index contributed by atoms with van der Waals surface area (Å²) in [6.45, 7) is 3.17. The Kier molecular flexibility index (Phi) is 5.89. The Hall–Kier alpha value is -1.90. The number of likely N-dealkylation sites (N-methyl/N-ethyl adjacent to an activating group) is 1. The minimum atomic E-state index is -0.729. The van der Waals surface area contributed by atoms with Crippen molar-refractivity contribution in [3.05, 3.63) is 35.1 Å². The van der Waals surface area contributed by atoms with Crippen LogP contribution < -0.4 is 0 Å². The lowest BCUT2D eigenvalue weighted by Crippen LogP contribution is -2.47. The van der Waals surface area contributed by atoms with Crippen LogP contribution in [0.15, 0.2) is 18.2 Å². The first-order valence-corrected chi connectivity index (χ1v) is 6.62. The molecule has 21 heavy (non-hydrogen) atoms. The molecule has 0 bridgehead atoms. The zero-order valence-corrected chi connectivity index (χ0v) is 12.5. The molecular weight excluding hydrogens is 273 g/mol. The molecule has 0 fully saturated rings. The minimum Gasteiger partial charge on any atom is -0.395 e. The highest BCUT2D eigenvalue weighted by Crippen LogP contribution is 2.17. The molecular formula is C16H20FNO3. The number of amides is 1. The fraction of sp³-hybridized carbons (Fsp3) is 0.438. The van der Waals surface area contributed by atoms with Gasteiger partial charge in [-0.05, 0) is 32.0 Å². The number of hydrogen-bond donors (Lipinski definition) is 2. The Morgan fingerprint density at radius 3 is 2.57 bits per heavy atom. The number of hydrogen-bond acceptors (Lipinski definition) is 3. The monoisotopic (exact) mass is 293 g/mol. The topological polar surface area (TPSA) is 60.8 Å². The van der Waals surface area contributed by atoms with Crippen LogP contribution in [0.25, 0.3) is 0 Å². The van der Waals surface area contributed by atoms with E-state index in [1.165, 1.54) is 17.0 Å². The SMILES string of the molecule is CN(C(=O)c1ccc(C#CCCO)c(F)c1)C(C)(C)CO. The van der Waals surface area contributed by atoms with E-state index in [-0.39, 0.29) is 36.7 Å². The summed E-state index contributed by atoms with van der Waals surface area (Å²) < 4.78 is 13.9. The maximum absolute atomic E-state index is 13.9. The number of aliphatic hydroxyl groups excluding tert-OH is 2. The van der Waals surface area contributed by atoms with E-state index in [1.54, 1.807) is 20.9 Å². The van der Waals surface area contributed by atoms with Crippen LogP contribution in [0.4, 0.5) is 4.39 Å². The number of carbonyl (C=O) groups is 1. The summed E-state index contributed by atoms with van der Waals surface area (Å²) in [4.78, 5) is 13.6. The molecule has 4 nitrogen and oxygen atoms in total. The predicted molar refractivity (Wildman–Crippen MR) is 78.2 cm³/mol. The Morgan fingerprint density at radius 2 is 2.05 bits per heavy atom. The normalized spacial score (nSPS) is 10.8. The van der Waals surface area contributed by atoms with E-state index in [9.17, 15) is 14.3 Å². The molecule has 1 aromatic rings. The molecule has 0 heterocycles. The lowest BCUT2D eigenvalue weighted by Gasteiger charge is -2.34. The Bertz CT molecular complexity index is 573. The second kappa shape index (κ2) is 7.21. The summed E-state index contributed by atoms with van der Waals surface area (Å²) in [6.07, 6.45) is 0.271. The Morgan fingerprint density at radius 1 is 1.38 bits per heavy atom. The van der Waals surface area contributed by atoms with Crippen molar-refractivity contribution in [2.45, 2.75) is 25.8 Å². The standard InChI is InChI=1S/C16H20FNO3/c1-16(2,11-20)18(3)15(21)13-8-7-12(14(17)10-13)6-4-5-9-19/h7-8,10,19-20H,5,9,11H2,1-3H3. The summed E-state index contributed by atoms with van der Waals surface area (Å²) in [5.74, 6) is 4.28. The van der Waals surface area contributed by atoms with Crippen molar-refractivity contribution in [3.8, 4) is 11.8 Å². The molecule has 2 N–H and O–H groups in total. The fourth-order valence-corrected chi connectivity index (χ4v) is 1.54. The zero-order valence-electron chi connectivity index (χ0n) is 12.5. The van der Waals surface area contributed by atoms with Crippen molar-refractivity contribution in [2.75, 3.05) is 20.3 Å². The van der Waals surface area contributed by atoms with E-state index in [0.717, 1.165) is 6.07 Å². The smallest absolute Gasteiger partial charge is 0.254 e. The van der Waals surface area contributed by atoms with Gasteiger partial charge in [-0.2, -0.15) is 0 Å². The molecule has 0 aromatic heterocycles. The third-order valence-electron chi connectivity index (χ3n) is 3.28. The molecule has 0 aliphatic rings. The third kappa shape index (κ3) is 4.28. The summed E-state index contributed by atoms with van der Waals surface area (Å²) in [5.41, 5.74) is -0.346. The molecule has 0 aliphatic heterocycles. The molecule has 0 spiro atoms. The van der Waals surface area contributed by atoms with Gasteiger partial charge < -0.3 is 15.1 Å². The zero-order chi connectivity index (χ0) is 16.0. The first kappa shape index (κ1) is 17.2. The van der Waals surface area contributed by atoms with Gasteiger partial charge in [-0.15, -0.1) is 0 Å². The van der Waals surface area contributed by atoms with Crippen LogP contribution in [0.1, 0.15) is 36.2 Å². The minimum absolute atomic E-state index is 0.0772. The number of carbonyl (C=O) groups excluding carboxylic acids is 1.